The third kappa shape index (κ3) is 4.84. The summed E-state index contributed by atoms with van der Waals surface area (Å²) >= 11 is 0. The van der Waals surface area contributed by atoms with Crippen molar-refractivity contribution in [3.8, 4) is 0 Å². The SMILES string of the molecule is CCCC1O[C@@H]2C[C@H]3[C@@H]4CCC5=CC(=O)C=C[C@]5(C)[C@H]4[C@@H](O)C[C@]3(C)[C@]2(C(=O)COCNC(=O)CNC(=O)OC)O1. The maximum absolute atomic E-state index is 14.1. The predicted octanol–water partition coefficient (Wildman–Crippen LogP) is 2.17. The molecule has 0 aromatic heterocycles. The van der Waals surface area contributed by atoms with Gasteiger partial charge in [-0.2, -0.15) is 0 Å². The molecule has 5 aliphatic rings. The van der Waals surface area contributed by atoms with Crippen LogP contribution in [0.15, 0.2) is 23.8 Å². The Bertz CT molecular complexity index is 1150. The molecule has 0 spiro atoms. The van der Waals surface area contributed by atoms with E-state index in [9.17, 15) is 24.3 Å². The number of ketones is 2. The van der Waals surface area contributed by atoms with Gasteiger partial charge in [-0.3, -0.25) is 14.4 Å². The van der Waals surface area contributed by atoms with Crippen molar-refractivity contribution in [2.45, 2.75) is 83.4 Å². The van der Waals surface area contributed by atoms with Gasteiger partial charge in [0.1, 0.15) is 19.9 Å². The van der Waals surface area contributed by atoms with Gasteiger partial charge in [0.15, 0.2) is 23.5 Å². The lowest BCUT2D eigenvalue weighted by Crippen LogP contribution is -2.63. The molecule has 0 radical (unpaired) electrons. The van der Waals surface area contributed by atoms with Gasteiger partial charge in [0.05, 0.1) is 19.3 Å². The van der Waals surface area contributed by atoms with E-state index in [0.29, 0.717) is 19.3 Å². The first-order valence-electron chi connectivity index (χ1n) is 14.6. The molecule has 1 unspecified atom stereocenters. The number of rotatable bonds is 9. The number of hydrogen-bond acceptors (Lipinski definition) is 9. The first-order valence-corrected chi connectivity index (χ1v) is 14.6. The first kappa shape index (κ1) is 29.9. The van der Waals surface area contributed by atoms with Crippen molar-refractivity contribution in [2.75, 3.05) is 27.0 Å². The van der Waals surface area contributed by atoms with E-state index in [0.717, 1.165) is 24.8 Å². The van der Waals surface area contributed by atoms with Gasteiger partial charge >= 0.3 is 6.09 Å². The molecular formula is C30H42N2O9. The molecule has 3 saturated carbocycles. The summed E-state index contributed by atoms with van der Waals surface area (Å²) in [6, 6.07) is 0. The van der Waals surface area contributed by atoms with Crippen molar-refractivity contribution >= 4 is 23.6 Å². The second-order valence-electron chi connectivity index (χ2n) is 12.5. The Balaban J connectivity index is 1.35. The summed E-state index contributed by atoms with van der Waals surface area (Å²) in [5.74, 6) is -0.642. The molecule has 1 heterocycles. The summed E-state index contributed by atoms with van der Waals surface area (Å²) in [6.45, 7) is 5.40. The normalized spacial score (nSPS) is 40.5. The van der Waals surface area contributed by atoms with E-state index in [2.05, 4.69) is 29.2 Å². The quantitative estimate of drug-likeness (QED) is 0.278. The average molecular weight is 575 g/mol. The fraction of sp³-hybridized carbons (Fsp3) is 0.733. The van der Waals surface area contributed by atoms with E-state index in [-0.39, 0.29) is 49.2 Å². The Hall–Kier alpha value is -2.60. The number of alkyl carbamates (subject to hydrolysis) is 1. The predicted molar refractivity (Wildman–Crippen MR) is 145 cm³/mol. The molecule has 0 bridgehead atoms. The minimum atomic E-state index is -1.28. The smallest absolute Gasteiger partial charge is 0.407 e. The summed E-state index contributed by atoms with van der Waals surface area (Å²) in [5, 5.41) is 16.6. The molecule has 226 valence electrons. The monoisotopic (exact) mass is 574 g/mol. The standard InChI is InChI=1S/C30H42N2O9/c1-5-6-25-40-23-12-20-19-8-7-17-11-18(33)9-10-28(17,2)26(19)21(34)13-29(20,3)30(23,41-25)22(35)15-39-16-32-24(36)14-31-27(37)38-4/h9-11,19-21,23,25-26,34H,5-8,12-16H2,1-4H3,(H,31,37)(H,32,36)/t19-,20-,21-,23+,25?,26+,28-,29-,30+/m0/s1. The summed E-state index contributed by atoms with van der Waals surface area (Å²) in [7, 11) is 1.20. The molecule has 3 N–H and O–H groups in total. The summed E-state index contributed by atoms with van der Waals surface area (Å²) in [4.78, 5) is 49.4. The van der Waals surface area contributed by atoms with Crippen LogP contribution >= 0.6 is 0 Å². The summed E-state index contributed by atoms with van der Waals surface area (Å²) < 4.78 is 23.0. The number of ether oxygens (including phenoxy) is 4. The van der Waals surface area contributed by atoms with Crippen LogP contribution in [0.3, 0.4) is 0 Å². The maximum atomic E-state index is 14.1. The van der Waals surface area contributed by atoms with Crippen molar-refractivity contribution in [1.82, 2.24) is 10.6 Å². The summed E-state index contributed by atoms with van der Waals surface area (Å²) in [5.41, 5.74) is -1.32. The number of methoxy groups -OCH3 is 1. The molecule has 5 rings (SSSR count). The van der Waals surface area contributed by atoms with Crippen LogP contribution in [-0.2, 0) is 33.3 Å². The second-order valence-corrected chi connectivity index (χ2v) is 12.5. The van der Waals surface area contributed by atoms with Crippen molar-refractivity contribution in [2.24, 2.45) is 28.6 Å². The van der Waals surface area contributed by atoms with Crippen LogP contribution in [0.2, 0.25) is 0 Å². The van der Waals surface area contributed by atoms with Gasteiger partial charge in [-0.25, -0.2) is 4.79 Å². The highest BCUT2D eigenvalue weighted by atomic mass is 16.7. The highest BCUT2D eigenvalue weighted by Gasteiger charge is 2.75. The molecule has 2 amide bonds. The number of aliphatic hydroxyl groups excluding tert-OH is 1. The topological polar surface area (TPSA) is 149 Å². The van der Waals surface area contributed by atoms with Crippen LogP contribution < -0.4 is 10.6 Å². The zero-order chi connectivity index (χ0) is 29.6. The van der Waals surface area contributed by atoms with Gasteiger partial charge in [0, 0.05) is 16.7 Å². The molecule has 11 nitrogen and oxygen atoms in total. The fourth-order valence-corrected chi connectivity index (χ4v) is 8.68. The Kier molecular flexibility index (Phi) is 8.19. The van der Waals surface area contributed by atoms with Gasteiger partial charge in [-0.05, 0) is 56.1 Å². The van der Waals surface area contributed by atoms with Crippen LogP contribution in [0.5, 0.6) is 0 Å². The van der Waals surface area contributed by atoms with E-state index in [1.54, 1.807) is 12.2 Å². The summed E-state index contributed by atoms with van der Waals surface area (Å²) in [6.07, 6.45) is 6.98. The van der Waals surface area contributed by atoms with E-state index >= 15 is 0 Å². The van der Waals surface area contributed by atoms with E-state index in [4.69, 9.17) is 14.2 Å². The van der Waals surface area contributed by atoms with Crippen molar-refractivity contribution in [3.63, 3.8) is 0 Å². The lowest BCUT2D eigenvalue weighted by Gasteiger charge is -2.59. The van der Waals surface area contributed by atoms with Crippen molar-refractivity contribution in [1.29, 1.82) is 0 Å². The number of carbonyl (C=O) groups is 4. The number of fused-ring (bicyclic) bond motifs is 7. The zero-order valence-electron chi connectivity index (χ0n) is 24.3. The van der Waals surface area contributed by atoms with E-state index < -0.39 is 46.9 Å². The van der Waals surface area contributed by atoms with Gasteiger partial charge in [0.25, 0.3) is 0 Å². The number of allylic oxidation sites excluding steroid dienone is 4. The molecular weight excluding hydrogens is 532 g/mol. The molecule has 4 fully saturated rings. The number of aliphatic hydroxyl groups is 1. The van der Waals surface area contributed by atoms with Crippen LogP contribution in [0, 0.1) is 28.6 Å². The van der Waals surface area contributed by atoms with Crippen LogP contribution in [0.4, 0.5) is 4.79 Å². The third-order valence-electron chi connectivity index (χ3n) is 10.4. The number of nitrogens with one attached hydrogen (secondary N) is 2. The van der Waals surface area contributed by atoms with Crippen molar-refractivity contribution in [3.05, 3.63) is 23.8 Å². The minimum absolute atomic E-state index is 0.00862. The second kappa shape index (κ2) is 11.2. The molecule has 9 atom stereocenters. The largest absolute Gasteiger partial charge is 0.453 e. The molecule has 0 aromatic rings. The Morgan fingerprint density at radius 1 is 1.22 bits per heavy atom. The van der Waals surface area contributed by atoms with Gasteiger partial charge in [0.2, 0.25) is 5.91 Å². The first-order chi connectivity index (χ1) is 19.5. The molecule has 4 aliphatic carbocycles. The fourth-order valence-electron chi connectivity index (χ4n) is 8.68. The molecule has 1 aliphatic heterocycles. The number of amides is 2. The Labute approximate surface area is 240 Å². The van der Waals surface area contributed by atoms with E-state index in [1.807, 2.05) is 13.0 Å². The van der Waals surface area contributed by atoms with Crippen molar-refractivity contribution < 1.29 is 43.2 Å². The zero-order valence-corrected chi connectivity index (χ0v) is 24.3. The Morgan fingerprint density at radius 2 is 2.00 bits per heavy atom. The number of Topliss-reactive ketones (excluding diaryl/α,β-unsaturated/α-hetero) is 1. The van der Waals surface area contributed by atoms with Crippen LogP contribution in [0.1, 0.15) is 59.3 Å². The van der Waals surface area contributed by atoms with Crippen LogP contribution in [0.25, 0.3) is 0 Å². The lowest BCUT2D eigenvalue weighted by atomic mass is 9.46. The number of carbonyl (C=O) groups excluding carboxylic acids is 4. The number of hydrogen-bond donors (Lipinski definition) is 3. The third-order valence-corrected chi connectivity index (χ3v) is 10.4. The molecule has 11 heteroatoms. The highest BCUT2D eigenvalue weighted by molar-refractivity contribution is 6.01. The lowest BCUT2D eigenvalue weighted by molar-refractivity contribution is -0.201. The van der Waals surface area contributed by atoms with Crippen LogP contribution in [-0.4, -0.2) is 79.8 Å². The molecule has 0 aromatic carbocycles. The molecule has 41 heavy (non-hydrogen) atoms. The Morgan fingerprint density at radius 3 is 2.73 bits per heavy atom. The van der Waals surface area contributed by atoms with Gasteiger partial charge < -0.3 is 34.7 Å². The minimum Gasteiger partial charge on any atom is -0.453 e. The highest BCUT2D eigenvalue weighted by Crippen LogP contribution is 2.69. The average Bonchev–Trinajstić information content (AvgIpc) is 3.42. The van der Waals surface area contributed by atoms with E-state index in [1.165, 1.54) is 7.11 Å². The van der Waals surface area contributed by atoms with Gasteiger partial charge in [-0.1, -0.05) is 38.8 Å². The molecule has 1 saturated heterocycles. The maximum Gasteiger partial charge on any atom is 0.407 e. The van der Waals surface area contributed by atoms with Gasteiger partial charge in [-0.15, -0.1) is 0 Å².